The van der Waals surface area contributed by atoms with Gasteiger partial charge in [-0.1, -0.05) is 24.3 Å². The van der Waals surface area contributed by atoms with E-state index in [0.29, 0.717) is 0 Å². The number of hydrogen-bond donors (Lipinski definition) is 1. The fourth-order valence-corrected chi connectivity index (χ4v) is 1.55. The quantitative estimate of drug-likeness (QED) is 0.883. The maximum absolute atomic E-state index is 8.61. The third-order valence-electron chi connectivity index (χ3n) is 1.62. The molecule has 1 aromatic rings. The third-order valence-corrected chi connectivity index (χ3v) is 2.46. The van der Waals surface area contributed by atoms with Gasteiger partial charge in [-0.15, -0.1) is 0 Å². The van der Waals surface area contributed by atoms with E-state index in [0.717, 1.165) is 15.8 Å². The second-order valence-corrected chi connectivity index (χ2v) is 3.24. The first kappa shape index (κ1) is 10.3. The highest BCUT2D eigenvalue weighted by atomic mass is 79.9. The molecule has 0 fully saturated rings. The first-order valence-electron chi connectivity index (χ1n) is 3.89. The average Bonchev–Trinajstić information content (AvgIpc) is 2.16. The summed E-state index contributed by atoms with van der Waals surface area (Å²) < 4.78 is 6.03. The summed E-state index contributed by atoms with van der Waals surface area (Å²) in [7, 11) is 1.62. The molecule has 0 saturated carbocycles. The summed E-state index contributed by atoms with van der Waals surface area (Å²) in [6.45, 7) is 0.0453. The Hall–Kier alpha value is -0.800. The maximum Gasteiger partial charge on any atom is 0.133 e. The Morgan fingerprint density at radius 3 is 2.92 bits per heavy atom. The lowest BCUT2D eigenvalue weighted by molar-refractivity contribution is 0.343. The minimum atomic E-state index is 0.0453. The molecule has 0 amide bonds. The van der Waals surface area contributed by atoms with Crippen molar-refractivity contribution in [2.75, 3.05) is 13.7 Å². The monoisotopic (exact) mass is 242 g/mol. The number of hydrogen-bond acceptors (Lipinski definition) is 2. The van der Waals surface area contributed by atoms with Gasteiger partial charge in [-0.05, 0) is 27.6 Å². The van der Waals surface area contributed by atoms with Crippen molar-refractivity contribution in [3.05, 3.63) is 34.3 Å². The van der Waals surface area contributed by atoms with Crippen molar-refractivity contribution < 1.29 is 9.84 Å². The van der Waals surface area contributed by atoms with Gasteiger partial charge in [-0.3, -0.25) is 0 Å². The molecule has 70 valence electrons. The van der Waals surface area contributed by atoms with Crippen LogP contribution in [-0.2, 0) is 0 Å². The van der Waals surface area contributed by atoms with Gasteiger partial charge in [0.25, 0.3) is 0 Å². The molecule has 0 bridgehead atoms. The molecule has 0 radical (unpaired) electrons. The van der Waals surface area contributed by atoms with Gasteiger partial charge in [0.15, 0.2) is 0 Å². The van der Waals surface area contributed by atoms with Gasteiger partial charge in [-0.2, -0.15) is 0 Å². The molecule has 0 saturated heterocycles. The Morgan fingerprint density at radius 1 is 1.54 bits per heavy atom. The topological polar surface area (TPSA) is 29.5 Å². The second kappa shape index (κ2) is 5.04. The summed E-state index contributed by atoms with van der Waals surface area (Å²) in [5.41, 5.74) is 0.994. The molecule has 13 heavy (non-hydrogen) atoms. The van der Waals surface area contributed by atoms with Crippen LogP contribution < -0.4 is 4.74 Å². The van der Waals surface area contributed by atoms with Crippen LogP contribution in [0.2, 0.25) is 0 Å². The predicted molar refractivity (Wildman–Crippen MR) is 56.8 cm³/mol. The van der Waals surface area contributed by atoms with Crippen LogP contribution in [0.15, 0.2) is 28.7 Å². The van der Waals surface area contributed by atoms with Crippen molar-refractivity contribution in [2.24, 2.45) is 0 Å². The van der Waals surface area contributed by atoms with Gasteiger partial charge >= 0.3 is 0 Å². The zero-order valence-corrected chi connectivity index (χ0v) is 8.91. The van der Waals surface area contributed by atoms with E-state index in [4.69, 9.17) is 9.84 Å². The molecule has 0 aliphatic carbocycles. The molecule has 0 unspecified atom stereocenters. The molecule has 0 aliphatic rings. The second-order valence-electron chi connectivity index (χ2n) is 2.45. The number of rotatable bonds is 3. The summed E-state index contributed by atoms with van der Waals surface area (Å²) in [6.07, 6.45) is 3.52. The zero-order valence-electron chi connectivity index (χ0n) is 7.33. The highest BCUT2D eigenvalue weighted by molar-refractivity contribution is 9.10. The van der Waals surface area contributed by atoms with E-state index in [-0.39, 0.29) is 6.61 Å². The minimum Gasteiger partial charge on any atom is -0.496 e. The molecule has 0 atom stereocenters. The van der Waals surface area contributed by atoms with Crippen molar-refractivity contribution in [3.8, 4) is 5.75 Å². The summed E-state index contributed by atoms with van der Waals surface area (Å²) in [5.74, 6) is 0.792. The minimum absolute atomic E-state index is 0.0453. The van der Waals surface area contributed by atoms with Crippen molar-refractivity contribution in [3.63, 3.8) is 0 Å². The van der Waals surface area contributed by atoms with Crippen LogP contribution in [0.3, 0.4) is 0 Å². The van der Waals surface area contributed by atoms with Crippen LogP contribution >= 0.6 is 15.9 Å². The van der Waals surface area contributed by atoms with E-state index in [1.165, 1.54) is 0 Å². The number of methoxy groups -OCH3 is 1. The van der Waals surface area contributed by atoms with Crippen molar-refractivity contribution in [2.45, 2.75) is 0 Å². The van der Waals surface area contributed by atoms with E-state index < -0.39 is 0 Å². The molecule has 1 N–H and O–H groups in total. The zero-order chi connectivity index (χ0) is 9.68. The lowest BCUT2D eigenvalue weighted by Gasteiger charge is -2.04. The fourth-order valence-electron chi connectivity index (χ4n) is 0.994. The van der Waals surface area contributed by atoms with Crippen LogP contribution in [0.25, 0.3) is 6.08 Å². The van der Waals surface area contributed by atoms with Crippen molar-refractivity contribution >= 4 is 22.0 Å². The maximum atomic E-state index is 8.61. The van der Waals surface area contributed by atoms with Crippen LogP contribution in [0.5, 0.6) is 5.75 Å². The fraction of sp³-hybridized carbons (Fsp3) is 0.200. The molecular weight excluding hydrogens is 232 g/mol. The first-order chi connectivity index (χ1) is 6.29. The van der Waals surface area contributed by atoms with Gasteiger partial charge in [0.2, 0.25) is 0 Å². The highest BCUT2D eigenvalue weighted by Crippen LogP contribution is 2.28. The molecular formula is C10H11BrO2. The van der Waals surface area contributed by atoms with Crippen LogP contribution in [0, 0.1) is 0 Å². The summed E-state index contributed by atoms with van der Waals surface area (Å²) in [6, 6.07) is 5.72. The van der Waals surface area contributed by atoms with Crippen molar-refractivity contribution in [1.29, 1.82) is 0 Å². The molecule has 0 heterocycles. The number of benzene rings is 1. The summed E-state index contributed by atoms with van der Waals surface area (Å²) in [5, 5.41) is 8.61. The molecule has 0 aliphatic heterocycles. The molecule has 2 nitrogen and oxygen atoms in total. The van der Waals surface area contributed by atoms with Gasteiger partial charge in [0, 0.05) is 0 Å². The highest BCUT2D eigenvalue weighted by Gasteiger charge is 2.01. The predicted octanol–water partition coefficient (Wildman–Crippen LogP) is 2.46. The van der Waals surface area contributed by atoms with Crippen LogP contribution in [0.1, 0.15) is 5.56 Å². The molecule has 3 heteroatoms. The Morgan fingerprint density at radius 2 is 2.31 bits per heavy atom. The Bertz CT molecular complexity index is 308. The molecule has 0 spiro atoms. The van der Waals surface area contributed by atoms with Gasteiger partial charge in [0.1, 0.15) is 5.75 Å². The molecule has 1 aromatic carbocycles. The molecule has 1 rings (SSSR count). The average molecular weight is 243 g/mol. The SMILES string of the molecule is COc1cccc(/C=C/CO)c1Br. The van der Waals surface area contributed by atoms with E-state index in [2.05, 4.69) is 15.9 Å². The Balaban J connectivity index is 3.01. The third kappa shape index (κ3) is 2.57. The van der Waals surface area contributed by atoms with E-state index in [9.17, 15) is 0 Å². The summed E-state index contributed by atoms with van der Waals surface area (Å²) >= 11 is 3.41. The normalized spacial score (nSPS) is 10.7. The smallest absolute Gasteiger partial charge is 0.133 e. The lowest BCUT2D eigenvalue weighted by atomic mass is 10.2. The lowest BCUT2D eigenvalue weighted by Crippen LogP contribution is -1.86. The van der Waals surface area contributed by atoms with Crippen molar-refractivity contribution in [1.82, 2.24) is 0 Å². The summed E-state index contributed by atoms with van der Waals surface area (Å²) in [4.78, 5) is 0. The Labute approximate surface area is 86.0 Å². The van der Waals surface area contributed by atoms with E-state index in [1.807, 2.05) is 24.3 Å². The van der Waals surface area contributed by atoms with Crippen LogP contribution in [-0.4, -0.2) is 18.8 Å². The van der Waals surface area contributed by atoms with E-state index >= 15 is 0 Å². The standard InChI is InChI=1S/C10H11BrO2/c1-13-9-6-2-4-8(10(9)11)5-3-7-12/h2-6,12H,7H2,1H3/b5-3+. The van der Waals surface area contributed by atoms with E-state index in [1.54, 1.807) is 13.2 Å². The molecule has 0 aromatic heterocycles. The number of halogens is 1. The number of ether oxygens (including phenoxy) is 1. The number of aliphatic hydroxyl groups excluding tert-OH is 1. The van der Waals surface area contributed by atoms with Crippen LogP contribution in [0.4, 0.5) is 0 Å². The largest absolute Gasteiger partial charge is 0.496 e. The number of aliphatic hydroxyl groups is 1. The first-order valence-corrected chi connectivity index (χ1v) is 4.68. The van der Waals surface area contributed by atoms with Gasteiger partial charge in [0.05, 0.1) is 18.2 Å². The Kier molecular flexibility index (Phi) is 3.99. The van der Waals surface area contributed by atoms with Gasteiger partial charge in [-0.25, -0.2) is 0 Å². The van der Waals surface area contributed by atoms with Gasteiger partial charge < -0.3 is 9.84 Å².